The van der Waals surface area contributed by atoms with E-state index < -0.39 is 0 Å². The average Bonchev–Trinajstić information content (AvgIpc) is 2.07. The molecule has 12 heavy (non-hydrogen) atoms. The third-order valence-corrected chi connectivity index (χ3v) is 2.12. The second-order valence-corrected chi connectivity index (χ2v) is 3.01. The molecule has 60 valence electrons. The van der Waals surface area contributed by atoms with Crippen molar-refractivity contribution in [1.82, 2.24) is 0 Å². The number of carbonyl (C=O) groups excluding carboxylic acids is 1. The van der Waals surface area contributed by atoms with Crippen LogP contribution in [0.3, 0.4) is 0 Å². The Morgan fingerprint density at radius 1 is 1.33 bits per heavy atom. The van der Waals surface area contributed by atoms with Crippen LogP contribution in [0.15, 0.2) is 24.3 Å². The summed E-state index contributed by atoms with van der Waals surface area (Å²) in [6, 6.07) is 7.97. The second kappa shape index (κ2) is 2.55. The van der Waals surface area contributed by atoms with Gasteiger partial charge >= 0.3 is 5.91 Å². The highest BCUT2D eigenvalue weighted by atomic mass is 16.2. The molecule has 0 bridgehead atoms. The summed E-state index contributed by atoms with van der Waals surface area (Å²) in [6.07, 6.45) is 2.41. The first-order chi connectivity index (χ1) is 5.77. The van der Waals surface area contributed by atoms with Gasteiger partial charge in [-0.1, -0.05) is 18.2 Å². The van der Waals surface area contributed by atoms with E-state index in [-0.39, 0.29) is 5.91 Å². The largest absolute Gasteiger partial charge is 0.391 e. The number of nitrogens with zero attached hydrogens (tertiary/aromatic N) is 1. The summed E-state index contributed by atoms with van der Waals surface area (Å²) < 4.78 is 1.64. The number of carbonyl (C=O) groups is 1. The molecule has 0 N–H and O–H groups in total. The maximum Gasteiger partial charge on any atom is 0.391 e. The first-order valence-electron chi connectivity index (χ1n) is 3.96. The molecule has 2 nitrogen and oxygen atoms in total. The summed E-state index contributed by atoms with van der Waals surface area (Å²) in [5, 5.41) is 0. The molecule has 1 aromatic rings. The number of rotatable bonds is 0. The molecule has 0 unspecified atom stereocenters. The Kier molecular flexibility index (Phi) is 1.54. The van der Waals surface area contributed by atoms with Crippen molar-refractivity contribution in [3.05, 3.63) is 35.4 Å². The molecule has 0 aliphatic carbocycles. The monoisotopic (exact) mass is 160 g/mol. The van der Waals surface area contributed by atoms with Gasteiger partial charge < -0.3 is 0 Å². The Morgan fingerprint density at radius 2 is 2.08 bits per heavy atom. The van der Waals surface area contributed by atoms with Crippen LogP contribution >= 0.6 is 0 Å². The molecule has 1 heterocycles. The minimum Gasteiger partial charge on any atom is -0.219 e. The van der Waals surface area contributed by atoms with Crippen LogP contribution in [0.1, 0.15) is 11.1 Å². The van der Waals surface area contributed by atoms with Gasteiger partial charge in [0.15, 0.2) is 6.21 Å². The molecule has 2 heteroatoms. The van der Waals surface area contributed by atoms with Crippen molar-refractivity contribution in [2.75, 3.05) is 7.05 Å². The third-order valence-electron chi connectivity index (χ3n) is 2.12. The second-order valence-electron chi connectivity index (χ2n) is 3.01. The van der Waals surface area contributed by atoms with Gasteiger partial charge in [-0.2, -0.15) is 4.58 Å². The van der Waals surface area contributed by atoms with Gasteiger partial charge in [-0.05, 0) is 11.6 Å². The number of fused-ring (bicyclic) bond motifs is 1. The maximum atomic E-state index is 11.3. The predicted molar refractivity (Wildman–Crippen MR) is 46.5 cm³/mol. The Balaban J connectivity index is 2.56. The van der Waals surface area contributed by atoms with Gasteiger partial charge in [-0.15, -0.1) is 0 Å². The third kappa shape index (κ3) is 1.05. The lowest BCUT2D eigenvalue weighted by atomic mass is 10.0. The highest BCUT2D eigenvalue weighted by molar-refractivity contribution is 5.89. The average molecular weight is 160 g/mol. The lowest BCUT2D eigenvalue weighted by Gasteiger charge is -2.06. The smallest absolute Gasteiger partial charge is 0.219 e. The van der Waals surface area contributed by atoms with Crippen LogP contribution in [0.5, 0.6) is 0 Å². The van der Waals surface area contributed by atoms with Crippen LogP contribution in [-0.4, -0.2) is 23.7 Å². The fourth-order valence-electron chi connectivity index (χ4n) is 1.39. The van der Waals surface area contributed by atoms with Gasteiger partial charge in [0.05, 0.1) is 0 Å². The number of amides is 1. The standard InChI is InChI=1S/C10H10NO/c1-11-7-9-5-3-2-4-8(9)6-10(11)12/h2-5,7H,6H2,1H3/q+1. The highest BCUT2D eigenvalue weighted by Crippen LogP contribution is 2.10. The molecule has 0 aromatic heterocycles. The van der Waals surface area contributed by atoms with Crippen LogP contribution in [-0.2, 0) is 11.2 Å². The molecule has 1 amide bonds. The molecule has 1 aliphatic heterocycles. The van der Waals surface area contributed by atoms with E-state index >= 15 is 0 Å². The van der Waals surface area contributed by atoms with E-state index in [2.05, 4.69) is 0 Å². The SMILES string of the molecule is C[N+]1=Cc2ccccc2CC1=O. The van der Waals surface area contributed by atoms with Gasteiger partial charge in [0.1, 0.15) is 13.5 Å². The van der Waals surface area contributed by atoms with E-state index in [1.54, 1.807) is 11.6 Å². The molecule has 2 rings (SSSR count). The molecule has 1 aliphatic rings. The van der Waals surface area contributed by atoms with Crippen LogP contribution < -0.4 is 0 Å². The lowest BCUT2D eigenvalue weighted by molar-refractivity contribution is -0.414. The fourth-order valence-corrected chi connectivity index (χ4v) is 1.39. The van der Waals surface area contributed by atoms with Gasteiger partial charge in [0.2, 0.25) is 0 Å². The molecular formula is C10H10NO+. The molecule has 0 atom stereocenters. The summed E-state index contributed by atoms with van der Waals surface area (Å²) in [5.41, 5.74) is 2.28. The van der Waals surface area contributed by atoms with Crippen LogP contribution in [0.25, 0.3) is 0 Å². The van der Waals surface area contributed by atoms with E-state index in [4.69, 9.17) is 0 Å². The van der Waals surface area contributed by atoms with Crippen LogP contribution in [0.4, 0.5) is 0 Å². The van der Waals surface area contributed by atoms with Gasteiger partial charge in [-0.3, -0.25) is 0 Å². The Hall–Kier alpha value is -1.44. The molecule has 0 spiro atoms. The fraction of sp³-hybridized carbons (Fsp3) is 0.200. The maximum absolute atomic E-state index is 11.3. The van der Waals surface area contributed by atoms with Crippen molar-refractivity contribution < 1.29 is 9.37 Å². The first kappa shape index (κ1) is 7.22. The number of benzene rings is 1. The molecule has 0 saturated heterocycles. The van der Waals surface area contributed by atoms with Crippen molar-refractivity contribution in [2.45, 2.75) is 6.42 Å². The van der Waals surface area contributed by atoms with Gasteiger partial charge in [-0.25, -0.2) is 4.79 Å². The summed E-state index contributed by atoms with van der Waals surface area (Å²) in [4.78, 5) is 11.3. The lowest BCUT2D eigenvalue weighted by Crippen LogP contribution is -2.25. The van der Waals surface area contributed by atoms with E-state index in [9.17, 15) is 4.79 Å². The molecule has 0 fully saturated rings. The van der Waals surface area contributed by atoms with Crippen molar-refractivity contribution in [2.24, 2.45) is 0 Å². The Labute approximate surface area is 71.2 Å². The molecule has 1 aromatic carbocycles. The summed E-state index contributed by atoms with van der Waals surface area (Å²) in [7, 11) is 1.79. The quantitative estimate of drug-likeness (QED) is 0.515. The predicted octanol–water partition coefficient (Wildman–Crippen LogP) is 0.831. The zero-order chi connectivity index (χ0) is 8.55. The number of hydrogen-bond donors (Lipinski definition) is 0. The molecule has 0 saturated carbocycles. The molecule has 0 radical (unpaired) electrons. The Bertz CT molecular complexity index is 366. The molecular weight excluding hydrogens is 150 g/mol. The van der Waals surface area contributed by atoms with Crippen LogP contribution in [0.2, 0.25) is 0 Å². The Morgan fingerprint density at radius 3 is 2.92 bits per heavy atom. The topological polar surface area (TPSA) is 20.1 Å². The summed E-state index contributed by atoms with van der Waals surface area (Å²) in [5.74, 6) is 0.161. The van der Waals surface area contributed by atoms with Crippen molar-refractivity contribution >= 4 is 12.1 Å². The van der Waals surface area contributed by atoms with E-state index in [0.29, 0.717) is 6.42 Å². The van der Waals surface area contributed by atoms with E-state index in [1.807, 2.05) is 30.5 Å². The summed E-state index contributed by atoms with van der Waals surface area (Å²) >= 11 is 0. The van der Waals surface area contributed by atoms with Crippen molar-refractivity contribution in [3.63, 3.8) is 0 Å². The number of hydrogen-bond acceptors (Lipinski definition) is 1. The summed E-state index contributed by atoms with van der Waals surface area (Å²) in [6.45, 7) is 0. The van der Waals surface area contributed by atoms with Gasteiger partial charge in [0.25, 0.3) is 0 Å². The van der Waals surface area contributed by atoms with E-state index in [1.165, 1.54) is 0 Å². The minimum absolute atomic E-state index is 0.161. The first-order valence-corrected chi connectivity index (χ1v) is 3.96. The van der Waals surface area contributed by atoms with E-state index in [0.717, 1.165) is 11.1 Å². The van der Waals surface area contributed by atoms with Gasteiger partial charge in [0, 0.05) is 5.56 Å². The highest BCUT2D eigenvalue weighted by Gasteiger charge is 2.20. The number of likely N-dealkylation sites (N-methyl/N-ethyl adjacent to an activating group) is 1. The van der Waals surface area contributed by atoms with Crippen molar-refractivity contribution in [1.29, 1.82) is 0 Å². The minimum atomic E-state index is 0.161. The zero-order valence-electron chi connectivity index (χ0n) is 6.95. The van der Waals surface area contributed by atoms with Crippen LogP contribution in [0, 0.1) is 0 Å². The normalized spacial score (nSPS) is 15.4. The van der Waals surface area contributed by atoms with Crippen molar-refractivity contribution in [3.8, 4) is 0 Å². The zero-order valence-corrected chi connectivity index (χ0v) is 6.95.